The van der Waals surface area contributed by atoms with Crippen LogP contribution in [0.15, 0.2) is 6.07 Å². The molecule has 0 spiro atoms. The fourth-order valence-electron chi connectivity index (χ4n) is 2.10. The van der Waals surface area contributed by atoms with Gasteiger partial charge in [-0.05, 0) is 25.8 Å². The maximum absolute atomic E-state index is 13.9. The third-order valence-electron chi connectivity index (χ3n) is 2.92. The summed E-state index contributed by atoms with van der Waals surface area (Å²) in [4.78, 5) is 0. The van der Waals surface area contributed by atoms with Gasteiger partial charge in [0.2, 0.25) is 0 Å². The van der Waals surface area contributed by atoms with Gasteiger partial charge >= 0.3 is 0 Å². The molecule has 1 aliphatic heterocycles. The molecule has 1 heterocycles. The van der Waals surface area contributed by atoms with Crippen molar-refractivity contribution in [2.75, 3.05) is 26.9 Å². The molecule has 0 fully saturated rings. The van der Waals surface area contributed by atoms with Crippen LogP contribution < -0.4 is 19.9 Å². The number of rotatable bonds is 5. The highest BCUT2D eigenvalue weighted by Gasteiger charge is 2.23. The van der Waals surface area contributed by atoms with E-state index in [-0.39, 0.29) is 5.75 Å². The van der Waals surface area contributed by atoms with Crippen molar-refractivity contribution < 1.29 is 18.6 Å². The smallest absolute Gasteiger partial charge is 0.169 e. The van der Waals surface area contributed by atoms with Gasteiger partial charge in [0.25, 0.3) is 0 Å². The van der Waals surface area contributed by atoms with Crippen LogP contribution in [0.3, 0.4) is 0 Å². The standard InChI is InChI=1S/C13H18FNO3/c1-16-12-9(4-2-3-5-15)13-11(8-10(12)14)17-6-7-18-13/h8H,2-7,15H2,1H3. The normalized spacial score (nSPS) is 13.5. The second kappa shape index (κ2) is 5.91. The number of nitrogens with two attached hydrogens (primary N) is 1. The van der Waals surface area contributed by atoms with Crippen molar-refractivity contribution in [1.29, 1.82) is 0 Å². The van der Waals surface area contributed by atoms with Gasteiger partial charge in [0.05, 0.1) is 7.11 Å². The van der Waals surface area contributed by atoms with E-state index in [4.69, 9.17) is 19.9 Å². The number of methoxy groups -OCH3 is 1. The fourth-order valence-corrected chi connectivity index (χ4v) is 2.10. The Morgan fingerprint density at radius 1 is 1.33 bits per heavy atom. The minimum Gasteiger partial charge on any atom is -0.493 e. The van der Waals surface area contributed by atoms with Crippen LogP contribution in [-0.4, -0.2) is 26.9 Å². The highest BCUT2D eigenvalue weighted by molar-refractivity contribution is 5.55. The Labute approximate surface area is 106 Å². The summed E-state index contributed by atoms with van der Waals surface area (Å²) in [5.74, 6) is 0.902. The molecule has 0 amide bonds. The lowest BCUT2D eigenvalue weighted by molar-refractivity contribution is 0.167. The van der Waals surface area contributed by atoms with Crippen LogP contribution in [0.5, 0.6) is 17.2 Å². The summed E-state index contributed by atoms with van der Waals surface area (Å²) in [6, 6.07) is 1.32. The molecule has 2 rings (SSSR count). The van der Waals surface area contributed by atoms with Gasteiger partial charge < -0.3 is 19.9 Å². The Hall–Kier alpha value is -1.49. The topological polar surface area (TPSA) is 53.7 Å². The first-order valence-electron chi connectivity index (χ1n) is 6.13. The Morgan fingerprint density at radius 3 is 2.83 bits per heavy atom. The van der Waals surface area contributed by atoms with Crippen molar-refractivity contribution in [2.24, 2.45) is 5.73 Å². The molecular formula is C13H18FNO3. The molecule has 4 nitrogen and oxygen atoms in total. The third-order valence-corrected chi connectivity index (χ3v) is 2.92. The molecule has 0 bridgehead atoms. The molecule has 2 N–H and O–H groups in total. The van der Waals surface area contributed by atoms with Crippen LogP contribution in [-0.2, 0) is 6.42 Å². The molecule has 0 radical (unpaired) electrons. The number of hydrogen-bond acceptors (Lipinski definition) is 4. The van der Waals surface area contributed by atoms with Gasteiger partial charge in [-0.25, -0.2) is 4.39 Å². The van der Waals surface area contributed by atoms with Gasteiger partial charge in [0, 0.05) is 11.6 Å². The number of unbranched alkanes of at least 4 members (excludes halogenated alkanes) is 1. The minimum absolute atomic E-state index is 0.247. The first kappa shape index (κ1) is 13.0. The third kappa shape index (κ3) is 2.51. The van der Waals surface area contributed by atoms with Crippen LogP contribution in [0, 0.1) is 5.82 Å². The first-order chi connectivity index (χ1) is 8.77. The summed E-state index contributed by atoms with van der Waals surface area (Å²) in [5, 5.41) is 0. The molecule has 0 saturated carbocycles. The van der Waals surface area contributed by atoms with Crippen molar-refractivity contribution in [2.45, 2.75) is 19.3 Å². The summed E-state index contributed by atoms with van der Waals surface area (Å²) >= 11 is 0. The highest BCUT2D eigenvalue weighted by Crippen LogP contribution is 2.42. The van der Waals surface area contributed by atoms with Gasteiger partial charge in [0.1, 0.15) is 13.2 Å². The van der Waals surface area contributed by atoms with E-state index in [9.17, 15) is 4.39 Å². The maximum atomic E-state index is 13.9. The van der Waals surface area contributed by atoms with Crippen LogP contribution in [0.4, 0.5) is 4.39 Å². The molecule has 1 aromatic rings. The Bertz CT molecular complexity index is 423. The monoisotopic (exact) mass is 255 g/mol. The zero-order chi connectivity index (χ0) is 13.0. The molecular weight excluding hydrogens is 237 g/mol. The van der Waals surface area contributed by atoms with E-state index in [1.165, 1.54) is 13.2 Å². The van der Waals surface area contributed by atoms with Crippen LogP contribution in [0.1, 0.15) is 18.4 Å². The van der Waals surface area contributed by atoms with Crippen molar-refractivity contribution in [1.82, 2.24) is 0 Å². The quantitative estimate of drug-likeness (QED) is 0.816. The van der Waals surface area contributed by atoms with Crippen LogP contribution in [0.25, 0.3) is 0 Å². The van der Waals surface area contributed by atoms with Crippen molar-refractivity contribution in [3.8, 4) is 17.2 Å². The lowest BCUT2D eigenvalue weighted by Gasteiger charge is -2.23. The fraction of sp³-hybridized carbons (Fsp3) is 0.538. The molecule has 100 valence electrons. The molecule has 18 heavy (non-hydrogen) atoms. The average molecular weight is 255 g/mol. The summed E-state index contributed by atoms with van der Waals surface area (Å²) < 4.78 is 30.0. The van der Waals surface area contributed by atoms with E-state index >= 15 is 0 Å². The predicted molar refractivity (Wildman–Crippen MR) is 65.9 cm³/mol. The maximum Gasteiger partial charge on any atom is 0.169 e. The van der Waals surface area contributed by atoms with Gasteiger partial charge in [-0.15, -0.1) is 0 Å². The van der Waals surface area contributed by atoms with Gasteiger partial charge in [-0.2, -0.15) is 0 Å². The van der Waals surface area contributed by atoms with Crippen LogP contribution >= 0.6 is 0 Å². The lowest BCUT2D eigenvalue weighted by atomic mass is 10.0. The molecule has 0 atom stereocenters. The molecule has 0 saturated heterocycles. The Morgan fingerprint density at radius 2 is 2.11 bits per heavy atom. The molecule has 1 aliphatic rings. The van der Waals surface area contributed by atoms with Crippen LogP contribution in [0.2, 0.25) is 0 Å². The largest absolute Gasteiger partial charge is 0.493 e. The highest BCUT2D eigenvalue weighted by atomic mass is 19.1. The molecule has 1 aromatic carbocycles. The van der Waals surface area contributed by atoms with E-state index in [1.807, 2.05) is 0 Å². The molecule has 5 heteroatoms. The summed E-state index contributed by atoms with van der Waals surface area (Å²) in [7, 11) is 1.46. The molecule has 0 unspecified atom stereocenters. The molecule has 0 aliphatic carbocycles. The van der Waals surface area contributed by atoms with Crippen molar-refractivity contribution >= 4 is 0 Å². The number of fused-ring (bicyclic) bond motifs is 1. The Balaban J connectivity index is 2.35. The van der Waals surface area contributed by atoms with Gasteiger partial charge in [-0.1, -0.05) is 0 Å². The van der Waals surface area contributed by atoms with Gasteiger partial charge in [-0.3, -0.25) is 0 Å². The summed E-state index contributed by atoms with van der Waals surface area (Å²) in [6.07, 6.45) is 2.42. The SMILES string of the molecule is COc1c(F)cc2c(c1CCCCN)OCCO2. The zero-order valence-corrected chi connectivity index (χ0v) is 10.5. The van der Waals surface area contributed by atoms with E-state index < -0.39 is 5.82 Å². The number of halogens is 1. The second-order valence-electron chi connectivity index (χ2n) is 4.14. The number of ether oxygens (including phenoxy) is 3. The van der Waals surface area contributed by atoms with E-state index in [0.29, 0.717) is 37.7 Å². The number of hydrogen-bond donors (Lipinski definition) is 1. The number of benzene rings is 1. The van der Waals surface area contributed by atoms with Crippen molar-refractivity contribution in [3.05, 3.63) is 17.4 Å². The lowest BCUT2D eigenvalue weighted by Crippen LogP contribution is -2.17. The zero-order valence-electron chi connectivity index (χ0n) is 10.5. The Kier molecular flexibility index (Phi) is 4.25. The van der Waals surface area contributed by atoms with Gasteiger partial charge in [0.15, 0.2) is 23.1 Å². The van der Waals surface area contributed by atoms with E-state index in [2.05, 4.69) is 0 Å². The summed E-state index contributed by atoms with van der Waals surface area (Å²) in [6.45, 7) is 1.55. The second-order valence-corrected chi connectivity index (χ2v) is 4.14. The first-order valence-corrected chi connectivity index (χ1v) is 6.13. The summed E-state index contributed by atoms with van der Waals surface area (Å²) in [5.41, 5.74) is 6.21. The van der Waals surface area contributed by atoms with Crippen molar-refractivity contribution in [3.63, 3.8) is 0 Å². The average Bonchev–Trinajstić information content (AvgIpc) is 2.38. The molecule has 0 aromatic heterocycles. The van der Waals surface area contributed by atoms with E-state index in [1.54, 1.807) is 0 Å². The minimum atomic E-state index is -0.413. The van der Waals surface area contributed by atoms with E-state index in [0.717, 1.165) is 18.4 Å². The predicted octanol–water partition coefficient (Wildman–Crippen LogP) is 1.89.